The summed E-state index contributed by atoms with van der Waals surface area (Å²) < 4.78 is 0. The number of carboxylic acids is 2. The number of nitro groups is 1. The molecule has 0 atom stereocenters. The highest BCUT2D eigenvalue weighted by Gasteiger charge is 2.15. The third-order valence-corrected chi connectivity index (χ3v) is 1.88. The molecule has 0 saturated heterocycles. The largest absolute Gasteiger partial charge is 0.477 e. The molecule has 1 rings (SSSR count). The topological polar surface area (TPSA) is 118 Å². The van der Waals surface area contributed by atoms with Crippen LogP contribution in [0.1, 0.15) is 5.56 Å². The van der Waals surface area contributed by atoms with Crippen LogP contribution in [0, 0.1) is 10.1 Å². The average molecular weight is 237 g/mol. The lowest BCUT2D eigenvalue weighted by Gasteiger charge is -1.97. The normalized spacial score (nSPS) is 9.41. The third-order valence-electron chi connectivity index (χ3n) is 1.88. The molecule has 0 unspecified atom stereocenters. The summed E-state index contributed by atoms with van der Waals surface area (Å²) in [7, 11) is 0. The molecule has 0 aromatic heterocycles. The van der Waals surface area contributed by atoms with Crippen LogP contribution in [0.4, 0.5) is 5.69 Å². The molecule has 0 spiro atoms. The minimum Gasteiger partial charge on any atom is -0.477 e. The van der Waals surface area contributed by atoms with E-state index in [-0.39, 0.29) is 11.3 Å². The Bertz CT molecular complexity index is 486. The fraction of sp³-hybridized carbons (Fsp3) is 0. The highest BCUT2D eigenvalue weighted by atomic mass is 16.6. The van der Waals surface area contributed by atoms with Gasteiger partial charge in [-0.15, -0.1) is 0 Å². The van der Waals surface area contributed by atoms with Gasteiger partial charge in [-0.1, -0.05) is 0 Å². The molecule has 0 aliphatic rings. The smallest absolute Gasteiger partial charge is 0.343 e. The Morgan fingerprint density at radius 3 is 1.94 bits per heavy atom. The molecule has 88 valence electrons. The van der Waals surface area contributed by atoms with Crippen molar-refractivity contribution in [2.45, 2.75) is 0 Å². The van der Waals surface area contributed by atoms with E-state index < -0.39 is 22.4 Å². The molecule has 7 nitrogen and oxygen atoms in total. The van der Waals surface area contributed by atoms with E-state index in [2.05, 4.69) is 0 Å². The Labute approximate surface area is 94.8 Å². The number of hydrogen-bond donors (Lipinski definition) is 2. The molecule has 0 bridgehead atoms. The second kappa shape index (κ2) is 4.88. The summed E-state index contributed by atoms with van der Waals surface area (Å²) in [6.07, 6.45) is 0.925. The second-order valence-electron chi connectivity index (χ2n) is 3.02. The van der Waals surface area contributed by atoms with Crippen LogP contribution in [0.5, 0.6) is 0 Å². The van der Waals surface area contributed by atoms with Gasteiger partial charge in [0.15, 0.2) is 0 Å². The summed E-state index contributed by atoms with van der Waals surface area (Å²) in [4.78, 5) is 30.9. The van der Waals surface area contributed by atoms with Gasteiger partial charge in [0.1, 0.15) is 5.57 Å². The Kier molecular flexibility index (Phi) is 3.55. The van der Waals surface area contributed by atoms with Crippen molar-refractivity contribution in [2.24, 2.45) is 0 Å². The Morgan fingerprint density at radius 1 is 1.12 bits per heavy atom. The number of aliphatic carboxylic acids is 2. The molecule has 0 heterocycles. The molecule has 7 heteroatoms. The van der Waals surface area contributed by atoms with Gasteiger partial charge < -0.3 is 10.2 Å². The maximum absolute atomic E-state index is 10.6. The number of hydrogen-bond acceptors (Lipinski definition) is 4. The fourth-order valence-corrected chi connectivity index (χ4v) is 1.07. The van der Waals surface area contributed by atoms with E-state index in [0.717, 1.165) is 18.2 Å². The molecule has 2 N–H and O–H groups in total. The maximum Gasteiger partial charge on any atom is 0.343 e. The fourth-order valence-electron chi connectivity index (χ4n) is 1.07. The van der Waals surface area contributed by atoms with Crippen molar-refractivity contribution in [3.05, 3.63) is 45.5 Å². The number of benzene rings is 1. The molecule has 0 aliphatic heterocycles. The lowest BCUT2D eigenvalue weighted by Crippen LogP contribution is -2.10. The summed E-state index contributed by atoms with van der Waals surface area (Å²) in [5.41, 5.74) is -0.705. The molecule has 17 heavy (non-hydrogen) atoms. The van der Waals surface area contributed by atoms with E-state index in [1.165, 1.54) is 12.1 Å². The molecule has 0 amide bonds. The van der Waals surface area contributed by atoms with E-state index in [4.69, 9.17) is 10.2 Å². The minimum atomic E-state index is -1.57. The number of nitrogens with zero attached hydrogens (tertiary/aromatic N) is 1. The van der Waals surface area contributed by atoms with Gasteiger partial charge in [0.25, 0.3) is 5.69 Å². The van der Waals surface area contributed by atoms with Gasteiger partial charge in [0.2, 0.25) is 0 Å². The van der Waals surface area contributed by atoms with E-state index in [1.807, 2.05) is 0 Å². The first-order valence-electron chi connectivity index (χ1n) is 4.34. The standard InChI is InChI=1S/C10H7NO6/c12-9(13)8(10(14)15)5-6-1-3-7(4-2-6)11(16)17/h1-5H,(H,12,13)(H,14,15). The Balaban J connectivity index is 3.09. The summed E-state index contributed by atoms with van der Waals surface area (Å²) in [6, 6.07) is 4.86. The third kappa shape index (κ3) is 3.13. The summed E-state index contributed by atoms with van der Waals surface area (Å²) in [6.45, 7) is 0. The number of nitro benzene ring substituents is 1. The summed E-state index contributed by atoms with van der Waals surface area (Å²) >= 11 is 0. The van der Waals surface area contributed by atoms with Gasteiger partial charge in [0, 0.05) is 12.1 Å². The van der Waals surface area contributed by atoms with Crippen LogP contribution >= 0.6 is 0 Å². The zero-order valence-corrected chi connectivity index (χ0v) is 8.36. The van der Waals surface area contributed by atoms with Crippen LogP contribution in [0.3, 0.4) is 0 Å². The lowest BCUT2D eigenvalue weighted by atomic mass is 10.1. The molecule has 0 fully saturated rings. The van der Waals surface area contributed by atoms with Gasteiger partial charge in [-0.3, -0.25) is 10.1 Å². The summed E-state index contributed by atoms with van der Waals surface area (Å²) in [5, 5.41) is 27.5. The predicted octanol–water partition coefficient (Wildman–Crippen LogP) is 1.15. The van der Waals surface area contributed by atoms with Crippen LogP contribution in [0.25, 0.3) is 6.08 Å². The monoisotopic (exact) mass is 237 g/mol. The first-order chi connectivity index (χ1) is 7.91. The molecular formula is C10H7NO6. The van der Waals surface area contributed by atoms with E-state index in [9.17, 15) is 19.7 Å². The van der Waals surface area contributed by atoms with Crippen LogP contribution in [-0.2, 0) is 9.59 Å². The van der Waals surface area contributed by atoms with Crippen molar-refractivity contribution < 1.29 is 24.7 Å². The summed E-state index contributed by atoms with van der Waals surface area (Å²) in [5.74, 6) is -3.15. The zero-order valence-electron chi connectivity index (χ0n) is 8.36. The maximum atomic E-state index is 10.6. The van der Waals surface area contributed by atoms with E-state index in [1.54, 1.807) is 0 Å². The predicted molar refractivity (Wildman–Crippen MR) is 56.3 cm³/mol. The Morgan fingerprint density at radius 2 is 1.59 bits per heavy atom. The second-order valence-corrected chi connectivity index (χ2v) is 3.02. The van der Waals surface area contributed by atoms with Gasteiger partial charge >= 0.3 is 11.9 Å². The van der Waals surface area contributed by atoms with Crippen molar-refractivity contribution in [3.63, 3.8) is 0 Å². The number of carbonyl (C=O) groups is 2. The zero-order chi connectivity index (χ0) is 13.0. The average Bonchev–Trinajstić information content (AvgIpc) is 2.25. The van der Waals surface area contributed by atoms with Crippen LogP contribution in [0.2, 0.25) is 0 Å². The minimum absolute atomic E-state index is 0.158. The SMILES string of the molecule is O=C(O)C(=Cc1ccc([N+](=O)[O-])cc1)C(=O)O. The van der Waals surface area contributed by atoms with Gasteiger partial charge in [-0.2, -0.15) is 0 Å². The highest BCUT2D eigenvalue weighted by Crippen LogP contribution is 2.14. The van der Waals surface area contributed by atoms with E-state index >= 15 is 0 Å². The van der Waals surface area contributed by atoms with Crippen LogP contribution < -0.4 is 0 Å². The van der Waals surface area contributed by atoms with Crippen LogP contribution in [-0.4, -0.2) is 27.1 Å². The van der Waals surface area contributed by atoms with Crippen LogP contribution in [0.15, 0.2) is 29.8 Å². The van der Waals surface area contributed by atoms with Crippen molar-refractivity contribution in [1.82, 2.24) is 0 Å². The van der Waals surface area contributed by atoms with Gasteiger partial charge in [-0.05, 0) is 23.8 Å². The lowest BCUT2D eigenvalue weighted by molar-refractivity contribution is -0.384. The first kappa shape index (κ1) is 12.4. The molecule has 1 aromatic rings. The first-order valence-corrected chi connectivity index (χ1v) is 4.34. The molecule has 0 radical (unpaired) electrons. The van der Waals surface area contributed by atoms with Gasteiger partial charge in [-0.25, -0.2) is 9.59 Å². The van der Waals surface area contributed by atoms with Crippen molar-refractivity contribution in [3.8, 4) is 0 Å². The van der Waals surface area contributed by atoms with E-state index in [0.29, 0.717) is 0 Å². The van der Waals surface area contributed by atoms with Gasteiger partial charge in [0.05, 0.1) is 4.92 Å². The van der Waals surface area contributed by atoms with Crippen molar-refractivity contribution >= 4 is 23.7 Å². The highest BCUT2D eigenvalue weighted by molar-refractivity contribution is 6.16. The molecule has 0 saturated carbocycles. The number of rotatable bonds is 4. The number of non-ortho nitro benzene ring substituents is 1. The quantitative estimate of drug-likeness (QED) is 0.266. The number of carboxylic acid groups (broad SMARTS) is 2. The van der Waals surface area contributed by atoms with Crippen molar-refractivity contribution in [2.75, 3.05) is 0 Å². The molecular weight excluding hydrogens is 230 g/mol. The molecule has 0 aliphatic carbocycles. The van der Waals surface area contributed by atoms with Crippen molar-refractivity contribution in [1.29, 1.82) is 0 Å². The molecule has 1 aromatic carbocycles. The Hall–Kier alpha value is -2.70.